The molecule has 0 aliphatic carbocycles. The van der Waals surface area contributed by atoms with Gasteiger partial charge in [-0.2, -0.15) is 0 Å². The first-order valence-corrected chi connectivity index (χ1v) is 9.02. The van der Waals surface area contributed by atoms with E-state index in [-0.39, 0.29) is 23.9 Å². The smallest absolute Gasteiger partial charge is 0.341 e. The maximum absolute atomic E-state index is 13.1. The summed E-state index contributed by atoms with van der Waals surface area (Å²) < 4.78 is 34.0. The van der Waals surface area contributed by atoms with E-state index in [2.05, 4.69) is 0 Å². The molecule has 130 valence electrons. The molecule has 0 bridgehead atoms. The number of rotatable bonds is 9. The van der Waals surface area contributed by atoms with Crippen molar-refractivity contribution in [2.45, 2.75) is 26.4 Å². The summed E-state index contributed by atoms with van der Waals surface area (Å²) >= 11 is 0. The Morgan fingerprint density at radius 2 is 1.65 bits per heavy atom. The van der Waals surface area contributed by atoms with Crippen molar-refractivity contribution in [2.24, 2.45) is 5.92 Å². The lowest BCUT2D eigenvalue weighted by molar-refractivity contribution is 0.0945. The zero-order valence-electron chi connectivity index (χ0n) is 14.5. The van der Waals surface area contributed by atoms with Crippen molar-refractivity contribution in [3.05, 3.63) is 23.8 Å². The second-order valence-electron chi connectivity index (χ2n) is 5.23. The second kappa shape index (κ2) is 8.48. The van der Waals surface area contributed by atoms with Crippen molar-refractivity contribution in [2.75, 3.05) is 27.9 Å². The van der Waals surface area contributed by atoms with E-state index in [0.717, 1.165) is 0 Å². The molecule has 2 unspecified atom stereocenters. The quantitative estimate of drug-likeness (QED) is 0.501. The molecular weight excluding hydrogens is 319 g/mol. The Bertz CT molecular complexity index is 562. The molecule has 0 fully saturated rings. The third kappa shape index (κ3) is 4.14. The monoisotopic (exact) mass is 344 g/mol. The maximum atomic E-state index is 13.1. The van der Waals surface area contributed by atoms with Gasteiger partial charge < -0.3 is 18.5 Å². The van der Waals surface area contributed by atoms with Gasteiger partial charge in [0.25, 0.3) is 0 Å². The summed E-state index contributed by atoms with van der Waals surface area (Å²) in [6, 6.07) is 5.04. The maximum Gasteiger partial charge on any atom is 0.341 e. The molecule has 0 heterocycles. The van der Waals surface area contributed by atoms with E-state index in [9.17, 15) is 9.36 Å². The molecule has 0 N–H and O–H groups in total. The fraction of sp³-hybridized carbons (Fsp3) is 0.562. The van der Waals surface area contributed by atoms with Crippen molar-refractivity contribution in [3.8, 4) is 11.5 Å². The van der Waals surface area contributed by atoms with Crippen molar-refractivity contribution in [1.29, 1.82) is 0 Å². The molecule has 1 rings (SSSR count). The van der Waals surface area contributed by atoms with E-state index in [1.165, 1.54) is 21.3 Å². The third-order valence-electron chi connectivity index (χ3n) is 3.48. The van der Waals surface area contributed by atoms with E-state index in [1.54, 1.807) is 39.0 Å². The fourth-order valence-corrected chi connectivity index (χ4v) is 4.48. The van der Waals surface area contributed by atoms with Gasteiger partial charge in [0.15, 0.2) is 5.78 Å². The van der Waals surface area contributed by atoms with Crippen LogP contribution in [0.15, 0.2) is 18.2 Å². The van der Waals surface area contributed by atoms with E-state index in [1.807, 2.05) is 0 Å². The molecule has 0 saturated heterocycles. The Balaban J connectivity index is 3.46. The number of carbonyl (C=O) groups excluding carboxylic acids is 1. The summed E-state index contributed by atoms with van der Waals surface area (Å²) in [5.41, 5.74) is -0.703. The summed E-state index contributed by atoms with van der Waals surface area (Å²) in [5, 5.41) is 0. The molecule has 7 heteroatoms. The summed E-state index contributed by atoms with van der Waals surface area (Å²) in [4.78, 5) is 13.1. The lowest BCUT2D eigenvalue weighted by Crippen LogP contribution is -2.29. The predicted octanol–water partition coefficient (Wildman–Crippen LogP) is 3.79. The molecule has 1 aromatic rings. The molecule has 0 spiro atoms. The van der Waals surface area contributed by atoms with Gasteiger partial charge in [0.2, 0.25) is 0 Å². The van der Waals surface area contributed by atoms with Crippen LogP contribution in [0.2, 0.25) is 0 Å². The Morgan fingerprint density at radius 1 is 1.13 bits per heavy atom. The lowest BCUT2D eigenvalue weighted by Gasteiger charge is -2.28. The number of ether oxygens (including phenoxy) is 2. The van der Waals surface area contributed by atoms with Gasteiger partial charge in [0.05, 0.1) is 20.8 Å². The highest BCUT2D eigenvalue weighted by molar-refractivity contribution is 7.55. The van der Waals surface area contributed by atoms with Crippen LogP contribution < -0.4 is 9.47 Å². The molecule has 0 aliphatic heterocycles. The highest BCUT2D eigenvalue weighted by Gasteiger charge is 2.44. The van der Waals surface area contributed by atoms with Gasteiger partial charge in [0.1, 0.15) is 22.7 Å². The second-order valence-corrected chi connectivity index (χ2v) is 7.49. The van der Waals surface area contributed by atoms with Gasteiger partial charge in [-0.15, -0.1) is 0 Å². The molecule has 0 aliphatic rings. The molecule has 6 nitrogen and oxygen atoms in total. The molecule has 0 saturated carbocycles. The summed E-state index contributed by atoms with van der Waals surface area (Å²) in [7, 11) is 0.614. The summed E-state index contributed by atoms with van der Waals surface area (Å²) in [6.07, 6.45) is 0. The summed E-state index contributed by atoms with van der Waals surface area (Å²) in [5.74, 6) is 0.0840. The van der Waals surface area contributed by atoms with Crippen LogP contribution in [0.1, 0.15) is 31.1 Å². The molecule has 0 amide bonds. The zero-order chi connectivity index (χ0) is 17.6. The minimum absolute atomic E-state index is 0.185. The van der Waals surface area contributed by atoms with Crippen LogP contribution in [0.4, 0.5) is 0 Å². The van der Waals surface area contributed by atoms with Crippen LogP contribution in [0.3, 0.4) is 0 Å². The Morgan fingerprint density at radius 3 is 2.00 bits per heavy atom. The Kier molecular flexibility index (Phi) is 7.26. The number of hydrogen-bond donors (Lipinski definition) is 0. The standard InChI is InChI=1S/C16H25O6P/c1-7-22-23(18,21-6)16(11(2)3)15(17)14-12(19-4)9-8-10-13(14)20-5/h8-11,16H,7H2,1-6H3. The van der Waals surface area contributed by atoms with Crippen LogP contribution >= 0.6 is 7.60 Å². The first-order valence-electron chi connectivity index (χ1n) is 7.41. The highest BCUT2D eigenvalue weighted by Crippen LogP contribution is 2.56. The molecule has 2 atom stereocenters. The van der Waals surface area contributed by atoms with Crippen LogP contribution in [0.5, 0.6) is 11.5 Å². The topological polar surface area (TPSA) is 71.1 Å². The van der Waals surface area contributed by atoms with Gasteiger partial charge in [-0.3, -0.25) is 9.36 Å². The first kappa shape index (κ1) is 19.7. The van der Waals surface area contributed by atoms with Gasteiger partial charge >= 0.3 is 7.60 Å². The fourth-order valence-electron chi connectivity index (χ4n) is 2.48. The Hall–Kier alpha value is -1.36. The van der Waals surface area contributed by atoms with Crippen molar-refractivity contribution in [3.63, 3.8) is 0 Å². The number of hydrogen-bond acceptors (Lipinski definition) is 6. The van der Waals surface area contributed by atoms with Gasteiger partial charge in [0, 0.05) is 7.11 Å². The average molecular weight is 344 g/mol. The predicted molar refractivity (Wildman–Crippen MR) is 88.7 cm³/mol. The molecular formula is C16H25O6P. The zero-order valence-corrected chi connectivity index (χ0v) is 15.4. The van der Waals surface area contributed by atoms with E-state index >= 15 is 0 Å². The molecule has 23 heavy (non-hydrogen) atoms. The average Bonchev–Trinajstić information content (AvgIpc) is 2.53. The van der Waals surface area contributed by atoms with Gasteiger partial charge in [-0.05, 0) is 25.0 Å². The van der Waals surface area contributed by atoms with Crippen molar-refractivity contribution < 1.29 is 27.9 Å². The molecule has 1 aromatic carbocycles. The van der Waals surface area contributed by atoms with Crippen molar-refractivity contribution in [1.82, 2.24) is 0 Å². The molecule has 0 aromatic heterocycles. The first-order chi connectivity index (χ1) is 10.9. The van der Waals surface area contributed by atoms with E-state index in [0.29, 0.717) is 11.5 Å². The number of Topliss-reactive ketones (excluding diaryl/α,β-unsaturated/α-hetero) is 1. The third-order valence-corrected chi connectivity index (χ3v) is 6.12. The van der Waals surface area contributed by atoms with E-state index < -0.39 is 13.3 Å². The minimum atomic E-state index is -3.61. The largest absolute Gasteiger partial charge is 0.496 e. The number of benzene rings is 1. The minimum Gasteiger partial charge on any atom is -0.496 e. The van der Waals surface area contributed by atoms with Gasteiger partial charge in [-0.25, -0.2) is 0 Å². The SMILES string of the molecule is CCOP(=O)(OC)C(C(=O)c1c(OC)cccc1OC)C(C)C. The number of carbonyl (C=O) groups is 1. The normalized spacial score (nSPS) is 15.1. The van der Waals surface area contributed by atoms with Gasteiger partial charge in [-0.1, -0.05) is 19.9 Å². The van der Waals surface area contributed by atoms with E-state index in [4.69, 9.17) is 18.5 Å². The van der Waals surface area contributed by atoms with Crippen LogP contribution in [0, 0.1) is 5.92 Å². The number of ketones is 1. The summed E-state index contributed by atoms with van der Waals surface area (Å²) in [6.45, 7) is 5.49. The van der Waals surface area contributed by atoms with Crippen LogP contribution in [-0.2, 0) is 13.6 Å². The lowest BCUT2D eigenvalue weighted by atomic mass is 9.99. The van der Waals surface area contributed by atoms with Crippen LogP contribution in [-0.4, -0.2) is 39.4 Å². The molecule has 0 radical (unpaired) electrons. The highest BCUT2D eigenvalue weighted by atomic mass is 31.2. The number of methoxy groups -OCH3 is 2. The Labute approximate surface area is 137 Å². The van der Waals surface area contributed by atoms with Crippen molar-refractivity contribution >= 4 is 13.4 Å². The van der Waals surface area contributed by atoms with Crippen LogP contribution in [0.25, 0.3) is 0 Å².